The lowest BCUT2D eigenvalue weighted by Crippen LogP contribution is -2.55. The van der Waals surface area contributed by atoms with Gasteiger partial charge in [0.25, 0.3) is 0 Å². The number of nitrogens with zero attached hydrogens (tertiary/aromatic N) is 1. The largest absolute Gasteiger partial charge is 0.352 e. The number of nitrogens with one attached hydrogen (secondary N) is 2. The van der Waals surface area contributed by atoms with Crippen molar-refractivity contribution in [1.82, 2.24) is 15.5 Å². The van der Waals surface area contributed by atoms with E-state index in [0.717, 1.165) is 25.1 Å². The monoisotopic (exact) mass is 419 g/mol. The standard InChI is InChI=1S/C21H26ClN3O2S/c1-14(26)24-21(2,3)20(27)23-12-18(15-4-6-17(22)7-5-15)25-10-8-19-16(13-25)9-11-28-19/h4-7,9,11,18H,8,10,12-13H2,1-3H3,(H,23,27)(H,24,26). The van der Waals surface area contributed by atoms with Crippen molar-refractivity contribution in [2.24, 2.45) is 0 Å². The summed E-state index contributed by atoms with van der Waals surface area (Å²) in [4.78, 5) is 27.9. The molecule has 150 valence electrons. The van der Waals surface area contributed by atoms with Gasteiger partial charge in [-0.25, -0.2) is 0 Å². The van der Waals surface area contributed by atoms with Crippen LogP contribution in [0.2, 0.25) is 5.02 Å². The maximum atomic E-state index is 12.7. The van der Waals surface area contributed by atoms with Gasteiger partial charge in [0.05, 0.1) is 6.04 Å². The van der Waals surface area contributed by atoms with Crippen molar-refractivity contribution >= 4 is 34.8 Å². The molecule has 0 aliphatic carbocycles. The molecule has 5 nitrogen and oxygen atoms in total. The number of benzene rings is 1. The predicted molar refractivity (Wildman–Crippen MR) is 114 cm³/mol. The van der Waals surface area contributed by atoms with Crippen molar-refractivity contribution in [3.63, 3.8) is 0 Å². The molecule has 1 aromatic heterocycles. The molecule has 0 fully saturated rings. The van der Waals surface area contributed by atoms with E-state index in [-0.39, 0.29) is 17.9 Å². The molecular formula is C21H26ClN3O2S. The molecule has 2 amide bonds. The van der Waals surface area contributed by atoms with Crippen LogP contribution in [0, 0.1) is 0 Å². The molecule has 1 unspecified atom stereocenters. The molecule has 7 heteroatoms. The molecule has 2 N–H and O–H groups in total. The van der Waals surface area contributed by atoms with Crippen LogP contribution >= 0.6 is 22.9 Å². The van der Waals surface area contributed by atoms with Crippen LogP contribution < -0.4 is 10.6 Å². The summed E-state index contributed by atoms with van der Waals surface area (Å²) in [7, 11) is 0. The van der Waals surface area contributed by atoms with Gasteiger partial charge in [0.2, 0.25) is 11.8 Å². The third-order valence-electron chi connectivity index (χ3n) is 5.04. The second kappa shape index (κ2) is 8.64. The smallest absolute Gasteiger partial charge is 0.245 e. The molecule has 1 aromatic carbocycles. The fourth-order valence-corrected chi connectivity index (χ4v) is 4.60. The van der Waals surface area contributed by atoms with E-state index < -0.39 is 5.54 Å². The number of carbonyl (C=O) groups excluding carboxylic acids is 2. The van der Waals surface area contributed by atoms with E-state index in [0.29, 0.717) is 11.6 Å². The number of rotatable bonds is 6. The molecule has 1 aliphatic rings. The van der Waals surface area contributed by atoms with Crippen LogP contribution in [-0.2, 0) is 22.6 Å². The van der Waals surface area contributed by atoms with Crippen LogP contribution in [0.1, 0.15) is 42.8 Å². The lowest BCUT2D eigenvalue weighted by atomic mass is 10.00. The lowest BCUT2D eigenvalue weighted by molar-refractivity contribution is -0.131. The first-order valence-electron chi connectivity index (χ1n) is 9.38. The Bertz CT molecular complexity index is 848. The normalized spacial score (nSPS) is 15.6. The van der Waals surface area contributed by atoms with Crippen LogP contribution in [0.4, 0.5) is 0 Å². The summed E-state index contributed by atoms with van der Waals surface area (Å²) in [6.45, 7) is 7.09. The molecule has 0 saturated heterocycles. The average Bonchev–Trinajstić information content (AvgIpc) is 3.10. The van der Waals surface area contributed by atoms with Gasteiger partial charge >= 0.3 is 0 Å². The number of hydrogen-bond acceptors (Lipinski definition) is 4. The molecule has 0 saturated carbocycles. The van der Waals surface area contributed by atoms with Crippen molar-refractivity contribution < 1.29 is 9.59 Å². The van der Waals surface area contributed by atoms with Gasteiger partial charge in [-0.05, 0) is 55.0 Å². The molecule has 2 aromatic rings. The minimum atomic E-state index is -0.960. The number of halogens is 1. The summed E-state index contributed by atoms with van der Waals surface area (Å²) in [6.07, 6.45) is 1.02. The summed E-state index contributed by atoms with van der Waals surface area (Å²) in [5, 5.41) is 8.56. The molecule has 1 atom stereocenters. The van der Waals surface area contributed by atoms with E-state index >= 15 is 0 Å². The van der Waals surface area contributed by atoms with Gasteiger partial charge in [-0.3, -0.25) is 14.5 Å². The zero-order valence-corrected chi connectivity index (χ0v) is 18.0. The van der Waals surface area contributed by atoms with Crippen LogP contribution in [0.3, 0.4) is 0 Å². The Morgan fingerprint density at radius 3 is 2.64 bits per heavy atom. The first-order chi connectivity index (χ1) is 13.3. The third-order valence-corrected chi connectivity index (χ3v) is 6.32. The van der Waals surface area contributed by atoms with Crippen molar-refractivity contribution in [2.75, 3.05) is 13.1 Å². The molecule has 0 bridgehead atoms. The number of amides is 2. The van der Waals surface area contributed by atoms with Crippen LogP contribution in [0.25, 0.3) is 0 Å². The van der Waals surface area contributed by atoms with E-state index in [1.165, 1.54) is 17.4 Å². The number of thiophene rings is 1. The molecule has 1 aliphatic heterocycles. The van der Waals surface area contributed by atoms with Gasteiger partial charge in [-0.1, -0.05) is 23.7 Å². The second-order valence-electron chi connectivity index (χ2n) is 7.67. The summed E-state index contributed by atoms with van der Waals surface area (Å²) in [5.74, 6) is -0.426. The van der Waals surface area contributed by atoms with E-state index in [1.54, 1.807) is 13.8 Å². The minimum absolute atomic E-state index is 0.0300. The quantitative estimate of drug-likeness (QED) is 0.752. The summed E-state index contributed by atoms with van der Waals surface area (Å²) in [5.41, 5.74) is 1.51. The SMILES string of the molecule is CC(=O)NC(C)(C)C(=O)NCC(c1ccc(Cl)cc1)N1CCc2sccc2C1. The summed E-state index contributed by atoms with van der Waals surface area (Å²) < 4.78 is 0. The van der Waals surface area contributed by atoms with E-state index in [1.807, 2.05) is 35.6 Å². The minimum Gasteiger partial charge on any atom is -0.352 e. The topological polar surface area (TPSA) is 61.4 Å². The number of fused-ring (bicyclic) bond motifs is 1. The fraction of sp³-hybridized carbons (Fsp3) is 0.429. The molecular weight excluding hydrogens is 394 g/mol. The highest BCUT2D eigenvalue weighted by Gasteiger charge is 2.31. The average molecular weight is 420 g/mol. The highest BCUT2D eigenvalue weighted by atomic mass is 35.5. The van der Waals surface area contributed by atoms with Crippen LogP contribution in [0.15, 0.2) is 35.7 Å². The molecule has 3 rings (SSSR count). The number of hydrogen-bond donors (Lipinski definition) is 2. The Hall–Kier alpha value is -1.89. The Balaban J connectivity index is 1.76. The van der Waals surface area contributed by atoms with Crippen molar-refractivity contribution in [1.29, 1.82) is 0 Å². The Morgan fingerprint density at radius 2 is 1.96 bits per heavy atom. The Kier molecular flexibility index (Phi) is 6.43. The van der Waals surface area contributed by atoms with Gasteiger partial charge in [0.15, 0.2) is 0 Å². The van der Waals surface area contributed by atoms with Crippen molar-refractivity contribution in [2.45, 2.75) is 45.3 Å². The summed E-state index contributed by atoms with van der Waals surface area (Å²) in [6, 6.07) is 10.0. The predicted octanol–water partition coefficient (Wildman–Crippen LogP) is 3.53. The van der Waals surface area contributed by atoms with Crippen molar-refractivity contribution in [3.8, 4) is 0 Å². The lowest BCUT2D eigenvalue weighted by Gasteiger charge is -2.36. The van der Waals surface area contributed by atoms with Crippen LogP contribution in [-0.4, -0.2) is 35.3 Å². The Labute approximate surface area is 175 Å². The van der Waals surface area contributed by atoms with Gasteiger partial charge in [-0.2, -0.15) is 0 Å². The van der Waals surface area contributed by atoms with E-state index in [9.17, 15) is 9.59 Å². The first kappa shape index (κ1) is 20.8. The van der Waals surface area contributed by atoms with Gasteiger partial charge in [-0.15, -0.1) is 11.3 Å². The summed E-state index contributed by atoms with van der Waals surface area (Å²) >= 11 is 7.88. The van der Waals surface area contributed by atoms with Crippen molar-refractivity contribution in [3.05, 3.63) is 56.7 Å². The zero-order valence-electron chi connectivity index (χ0n) is 16.4. The Morgan fingerprint density at radius 1 is 1.25 bits per heavy atom. The highest BCUT2D eigenvalue weighted by molar-refractivity contribution is 7.10. The number of carbonyl (C=O) groups is 2. The van der Waals surface area contributed by atoms with E-state index in [4.69, 9.17) is 11.6 Å². The maximum absolute atomic E-state index is 12.7. The molecule has 0 spiro atoms. The zero-order chi connectivity index (χ0) is 20.3. The maximum Gasteiger partial charge on any atom is 0.245 e. The highest BCUT2D eigenvalue weighted by Crippen LogP contribution is 2.30. The van der Waals surface area contributed by atoms with Gasteiger partial charge in [0, 0.05) is 36.5 Å². The fourth-order valence-electron chi connectivity index (χ4n) is 3.59. The van der Waals surface area contributed by atoms with Gasteiger partial charge < -0.3 is 10.6 Å². The molecule has 2 heterocycles. The first-order valence-corrected chi connectivity index (χ1v) is 10.6. The van der Waals surface area contributed by atoms with E-state index in [2.05, 4.69) is 27.0 Å². The van der Waals surface area contributed by atoms with Gasteiger partial charge in [0.1, 0.15) is 5.54 Å². The molecule has 0 radical (unpaired) electrons. The third kappa shape index (κ3) is 4.93. The second-order valence-corrected chi connectivity index (χ2v) is 9.11. The van der Waals surface area contributed by atoms with Crippen LogP contribution in [0.5, 0.6) is 0 Å². The molecule has 28 heavy (non-hydrogen) atoms.